The lowest BCUT2D eigenvalue weighted by Crippen LogP contribution is -2.26. The Morgan fingerprint density at radius 2 is 1.95 bits per heavy atom. The van der Waals surface area contributed by atoms with E-state index in [2.05, 4.69) is 31.0 Å². The number of hydrogen-bond acceptors (Lipinski definition) is 4. The van der Waals surface area contributed by atoms with Gasteiger partial charge in [0.25, 0.3) is 0 Å². The predicted octanol–water partition coefficient (Wildman–Crippen LogP) is 3.95. The lowest BCUT2D eigenvalue weighted by atomic mass is 9.91. The number of hydrogen-bond donors (Lipinski definition) is 0. The van der Waals surface area contributed by atoms with Gasteiger partial charge in [0, 0.05) is 16.7 Å². The van der Waals surface area contributed by atoms with Crippen molar-refractivity contribution in [1.82, 2.24) is 14.9 Å². The second-order valence-electron chi connectivity index (χ2n) is 5.68. The Balaban J connectivity index is 2.13. The lowest BCUT2D eigenvalue weighted by molar-refractivity contribution is 0.574. The predicted molar refractivity (Wildman–Crippen MR) is 83.5 cm³/mol. The first-order valence-electron chi connectivity index (χ1n) is 6.38. The van der Waals surface area contributed by atoms with Crippen molar-refractivity contribution < 1.29 is 0 Å². The number of thioether (sulfide) groups is 1. The Morgan fingerprint density at radius 3 is 2.65 bits per heavy atom. The first-order chi connectivity index (χ1) is 9.47. The van der Waals surface area contributed by atoms with Crippen LogP contribution in [-0.2, 0) is 0 Å². The standard InChI is InChI=1S/C14H15ClN4S/c1-14(2,3)11-8-20-13-17-16-12(19(13)18-11)9-6-4-5-7-10(9)15/h4-7H,8H2,1-3H3. The molecular formula is C14H15ClN4S. The summed E-state index contributed by atoms with van der Waals surface area (Å²) in [5.74, 6) is 1.55. The second-order valence-corrected chi connectivity index (χ2v) is 7.03. The van der Waals surface area contributed by atoms with Crippen LogP contribution in [0.15, 0.2) is 34.5 Å². The molecule has 0 atom stereocenters. The van der Waals surface area contributed by atoms with Gasteiger partial charge in [-0.3, -0.25) is 0 Å². The number of nitrogens with zero attached hydrogens (tertiary/aromatic N) is 4. The maximum atomic E-state index is 6.25. The molecule has 20 heavy (non-hydrogen) atoms. The molecule has 0 radical (unpaired) electrons. The summed E-state index contributed by atoms with van der Waals surface area (Å²) < 4.78 is 1.80. The highest BCUT2D eigenvalue weighted by atomic mass is 35.5. The fraction of sp³-hybridized carbons (Fsp3) is 0.357. The van der Waals surface area contributed by atoms with Gasteiger partial charge in [0.05, 0.1) is 10.7 Å². The monoisotopic (exact) mass is 306 g/mol. The van der Waals surface area contributed by atoms with Crippen molar-refractivity contribution in [2.75, 3.05) is 5.75 Å². The SMILES string of the molecule is CC(C)(C)C1=Nn2c(nnc2-c2ccccc2Cl)SC1. The average molecular weight is 307 g/mol. The van der Waals surface area contributed by atoms with Crippen LogP contribution in [0.4, 0.5) is 0 Å². The van der Waals surface area contributed by atoms with E-state index in [0.29, 0.717) is 10.8 Å². The van der Waals surface area contributed by atoms with Crippen molar-refractivity contribution in [2.24, 2.45) is 10.5 Å². The van der Waals surface area contributed by atoms with Crippen molar-refractivity contribution in [3.63, 3.8) is 0 Å². The Labute approximate surface area is 127 Å². The van der Waals surface area contributed by atoms with Gasteiger partial charge in [0.2, 0.25) is 5.16 Å². The van der Waals surface area contributed by atoms with Crippen LogP contribution in [0.25, 0.3) is 11.4 Å². The zero-order chi connectivity index (χ0) is 14.3. The van der Waals surface area contributed by atoms with Gasteiger partial charge in [-0.25, -0.2) is 0 Å². The minimum absolute atomic E-state index is 0.0344. The molecule has 1 aromatic carbocycles. The van der Waals surface area contributed by atoms with Crippen LogP contribution in [0.1, 0.15) is 20.8 Å². The number of benzene rings is 1. The summed E-state index contributed by atoms with van der Waals surface area (Å²) >= 11 is 7.91. The van der Waals surface area contributed by atoms with E-state index < -0.39 is 0 Å². The minimum Gasteiger partial charge on any atom is -0.187 e. The van der Waals surface area contributed by atoms with Crippen molar-refractivity contribution >= 4 is 29.1 Å². The molecule has 1 aliphatic heterocycles. The van der Waals surface area contributed by atoms with Crippen molar-refractivity contribution in [1.29, 1.82) is 0 Å². The molecule has 6 heteroatoms. The van der Waals surface area contributed by atoms with E-state index in [4.69, 9.17) is 16.7 Å². The van der Waals surface area contributed by atoms with Crippen LogP contribution in [0.3, 0.4) is 0 Å². The summed E-state index contributed by atoms with van der Waals surface area (Å²) in [7, 11) is 0. The van der Waals surface area contributed by atoms with E-state index in [-0.39, 0.29) is 5.41 Å². The zero-order valence-electron chi connectivity index (χ0n) is 11.6. The van der Waals surface area contributed by atoms with E-state index in [1.165, 1.54) is 0 Å². The summed E-state index contributed by atoms with van der Waals surface area (Å²) in [6, 6.07) is 7.62. The Hall–Kier alpha value is -1.33. The van der Waals surface area contributed by atoms with E-state index in [0.717, 1.165) is 22.2 Å². The van der Waals surface area contributed by atoms with Crippen LogP contribution in [0, 0.1) is 5.41 Å². The fourth-order valence-electron chi connectivity index (χ4n) is 1.91. The van der Waals surface area contributed by atoms with Crippen molar-refractivity contribution in [3.05, 3.63) is 29.3 Å². The molecule has 104 valence electrons. The number of fused-ring (bicyclic) bond motifs is 1. The maximum absolute atomic E-state index is 6.25. The highest BCUT2D eigenvalue weighted by molar-refractivity contribution is 7.99. The third kappa shape index (κ3) is 2.36. The molecule has 0 unspecified atom stereocenters. The van der Waals surface area contributed by atoms with Crippen LogP contribution < -0.4 is 0 Å². The molecular weight excluding hydrogens is 292 g/mol. The summed E-state index contributed by atoms with van der Waals surface area (Å²) in [6.45, 7) is 6.49. The third-order valence-electron chi connectivity index (χ3n) is 3.15. The Bertz CT molecular complexity index is 685. The van der Waals surface area contributed by atoms with Gasteiger partial charge in [0.15, 0.2) is 5.82 Å². The largest absolute Gasteiger partial charge is 0.212 e. The highest BCUT2D eigenvalue weighted by Gasteiger charge is 2.26. The van der Waals surface area contributed by atoms with Gasteiger partial charge in [-0.1, -0.05) is 56.3 Å². The number of halogens is 1. The van der Waals surface area contributed by atoms with E-state index in [1.807, 2.05) is 24.3 Å². The zero-order valence-corrected chi connectivity index (χ0v) is 13.2. The first-order valence-corrected chi connectivity index (χ1v) is 7.74. The normalized spacial score (nSPS) is 14.9. The lowest BCUT2D eigenvalue weighted by Gasteiger charge is -2.24. The summed E-state index contributed by atoms with van der Waals surface area (Å²) in [4.78, 5) is 0. The van der Waals surface area contributed by atoms with Gasteiger partial charge in [0.1, 0.15) is 0 Å². The van der Waals surface area contributed by atoms with E-state index >= 15 is 0 Å². The van der Waals surface area contributed by atoms with Gasteiger partial charge < -0.3 is 0 Å². The molecule has 0 bridgehead atoms. The van der Waals surface area contributed by atoms with Gasteiger partial charge in [-0.2, -0.15) is 9.78 Å². The third-order valence-corrected chi connectivity index (χ3v) is 4.41. The molecule has 1 aliphatic rings. The highest BCUT2D eigenvalue weighted by Crippen LogP contribution is 2.33. The smallest absolute Gasteiger partial charge is 0.187 e. The molecule has 0 spiro atoms. The van der Waals surface area contributed by atoms with Crippen LogP contribution in [0.2, 0.25) is 5.02 Å². The Morgan fingerprint density at radius 1 is 1.20 bits per heavy atom. The Kier molecular flexibility index (Phi) is 3.34. The average Bonchev–Trinajstić information content (AvgIpc) is 2.81. The molecule has 2 aromatic rings. The molecule has 4 nitrogen and oxygen atoms in total. The van der Waals surface area contributed by atoms with Crippen LogP contribution in [-0.4, -0.2) is 26.3 Å². The minimum atomic E-state index is 0.0344. The quantitative estimate of drug-likeness (QED) is 0.801. The summed E-state index contributed by atoms with van der Waals surface area (Å²) in [6.07, 6.45) is 0. The molecule has 0 amide bonds. The van der Waals surface area contributed by atoms with Crippen molar-refractivity contribution in [3.8, 4) is 11.4 Å². The van der Waals surface area contributed by atoms with Gasteiger partial charge in [-0.15, -0.1) is 10.2 Å². The molecule has 0 saturated carbocycles. The molecule has 0 N–H and O–H groups in total. The van der Waals surface area contributed by atoms with Gasteiger partial charge in [-0.05, 0) is 12.1 Å². The molecule has 3 rings (SSSR count). The maximum Gasteiger partial charge on any atom is 0.212 e. The molecule has 1 aromatic heterocycles. The number of aromatic nitrogens is 3. The number of rotatable bonds is 1. The second kappa shape index (κ2) is 4.90. The van der Waals surface area contributed by atoms with Crippen LogP contribution >= 0.6 is 23.4 Å². The van der Waals surface area contributed by atoms with E-state index in [1.54, 1.807) is 16.4 Å². The van der Waals surface area contributed by atoms with Crippen molar-refractivity contribution in [2.45, 2.75) is 25.9 Å². The van der Waals surface area contributed by atoms with Gasteiger partial charge >= 0.3 is 0 Å². The fourth-order valence-corrected chi connectivity index (χ4v) is 3.23. The van der Waals surface area contributed by atoms with Crippen LogP contribution in [0.5, 0.6) is 0 Å². The molecule has 0 aliphatic carbocycles. The summed E-state index contributed by atoms with van der Waals surface area (Å²) in [5.41, 5.74) is 2.02. The molecule has 0 saturated heterocycles. The molecule has 2 heterocycles. The van der Waals surface area contributed by atoms with E-state index in [9.17, 15) is 0 Å². The summed E-state index contributed by atoms with van der Waals surface area (Å²) in [5, 5.41) is 14.6. The topological polar surface area (TPSA) is 43.1 Å². The first kappa shape index (κ1) is 13.6. The molecule has 0 fully saturated rings.